The van der Waals surface area contributed by atoms with Crippen molar-refractivity contribution in [2.24, 2.45) is 0 Å². The van der Waals surface area contributed by atoms with E-state index in [0.717, 1.165) is 38.5 Å². The van der Waals surface area contributed by atoms with E-state index >= 15 is 0 Å². The minimum Gasteiger partial charge on any atom is -0.369 e. The summed E-state index contributed by atoms with van der Waals surface area (Å²) in [4.78, 5) is 6.79. The average molecular weight is 268 g/mol. The largest absolute Gasteiger partial charge is 0.369 e. The van der Waals surface area contributed by atoms with E-state index in [9.17, 15) is 0 Å². The molecule has 3 rings (SSSR count). The summed E-state index contributed by atoms with van der Waals surface area (Å²) in [6, 6.07) is 14.6. The van der Waals surface area contributed by atoms with Crippen LogP contribution in [0.15, 0.2) is 48.7 Å². The van der Waals surface area contributed by atoms with Crippen molar-refractivity contribution >= 4 is 11.5 Å². The van der Waals surface area contributed by atoms with Crippen LogP contribution in [0.2, 0.25) is 0 Å². The van der Waals surface area contributed by atoms with Gasteiger partial charge in [0.1, 0.15) is 5.82 Å². The lowest BCUT2D eigenvalue weighted by molar-refractivity contribution is 0.589. The smallest absolute Gasteiger partial charge is 0.128 e. The van der Waals surface area contributed by atoms with Crippen LogP contribution in [-0.4, -0.2) is 31.2 Å². The normalized spacial score (nSPS) is 15.1. The summed E-state index contributed by atoms with van der Waals surface area (Å²) in [5, 5.41) is 6.76. The molecule has 0 amide bonds. The number of hydrogen-bond donors (Lipinski definition) is 2. The number of benzene rings is 1. The van der Waals surface area contributed by atoms with Crippen molar-refractivity contribution in [1.29, 1.82) is 0 Å². The molecule has 0 aliphatic carbocycles. The highest BCUT2D eigenvalue weighted by molar-refractivity contribution is 5.54. The third-order valence-electron chi connectivity index (χ3n) is 3.54. The van der Waals surface area contributed by atoms with Gasteiger partial charge in [-0.3, -0.25) is 0 Å². The molecule has 0 bridgehead atoms. The van der Waals surface area contributed by atoms with Crippen LogP contribution in [0.3, 0.4) is 0 Å². The molecule has 1 aromatic heterocycles. The molecular weight excluding hydrogens is 248 g/mol. The summed E-state index contributed by atoms with van der Waals surface area (Å²) in [5.41, 5.74) is 2.51. The Morgan fingerprint density at radius 2 is 1.90 bits per heavy atom. The summed E-state index contributed by atoms with van der Waals surface area (Å²) in [6.45, 7) is 5.02. The van der Waals surface area contributed by atoms with E-state index in [0.29, 0.717) is 0 Å². The molecular formula is C16H20N4. The first-order valence-corrected chi connectivity index (χ1v) is 7.11. The van der Waals surface area contributed by atoms with Crippen molar-refractivity contribution in [3.63, 3.8) is 0 Å². The molecule has 0 spiro atoms. The van der Waals surface area contributed by atoms with Crippen molar-refractivity contribution in [2.45, 2.75) is 6.54 Å². The fourth-order valence-corrected chi connectivity index (χ4v) is 2.42. The molecule has 2 N–H and O–H groups in total. The van der Waals surface area contributed by atoms with Crippen LogP contribution in [0.25, 0.3) is 0 Å². The average Bonchev–Trinajstić information content (AvgIpc) is 2.55. The molecule has 1 aliphatic rings. The zero-order valence-corrected chi connectivity index (χ0v) is 11.5. The van der Waals surface area contributed by atoms with E-state index in [4.69, 9.17) is 0 Å². The Balaban J connectivity index is 1.65. The highest BCUT2D eigenvalue weighted by atomic mass is 15.2. The first-order chi connectivity index (χ1) is 9.92. The number of nitrogens with zero attached hydrogens (tertiary/aromatic N) is 2. The van der Waals surface area contributed by atoms with Gasteiger partial charge >= 0.3 is 0 Å². The summed E-state index contributed by atoms with van der Waals surface area (Å²) < 4.78 is 0. The number of anilines is 2. The number of rotatable bonds is 4. The van der Waals surface area contributed by atoms with E-state index in [1.165, 1.54) is 11.3 Å². The van der Waals surface area contributed by atoms with Gasteiger partial charge < -0.3 is 15.5 Å². The van der Waals surface area contributed by atoms with Gasteiger partial charge in [-0.25, -0.2) is 4.98 Å². The fourth-order valence-electron chi connectivity index (χ4n) is 2.42. The van der Waals surface area contributed by atoms with Gasteiger partial charge in [0.25, 0.3) is 0 Å². The Labute approximate surface area is 119 Å². The second-order valence-corrected chi connectivity index (χ2v) is 4.98. The van der Waals surface area contributed by atoms with Crippen molar-refractivity contribution in [1.82, 2.24) is 10.3 Å². The van der Waals surface area contributed by atoms with E-state index in [1.54, 1.807) is 0 Å². The highest BCUT2D eigenvalue weighted by Crippen LogP contribution is 2.18. The van der Waals surface area contributed by atoms with Crippen LogP contribution in [0.5, 0.6) is 0 Å². The van der Waals surface area contributed by atoms with Crippen LogP contribution in [0, 0.1) is 0 Å². The van der Waals surface area contributed by atoms with E-state index < -0.39 is 0 Å². The quantitative estimate of drug-likeness (QED) is 0.891. The van der Waals surface area contributed by atoms with Gasteiger partial charge in [0.15, 0.2) is 0 Å². The molecule has 20 heavy (non-hydrogen) atoms. The lowest BCUT2D eigenvalue weighted by atomic mass is 10.2. The highest BCUT2D eigenvalue weighted by Gasteiger charge is 2.10. The predicted molar refractivity (Wildman–Crippen MR) is 83.1 cm³/mol. The monoisotopic (exact) mass is 268 g/mol. The molecule has 1 aliphatic heterocycles. The molecule has 0 unspecified atom stereocenters. The molecule has 104 valence electrons. The summed E-state index contributed by atoms with van der Waals surface area (Å²) in [5.74, 6) is 0.935. The first-order valence-electron chi connectivity index (χ1n) is 7.11. The minimum absolute atomic E-state index is 0.804. The maximum Gasteiger partial charge on any atom is 0.128 e. The number of aromatic nitrogens is 1. The van der Waals surface area contributed by atoms with Crippen molar-refractivity contribution in [3.05, 3.63) is 54.2 Å². The molecule has 1 fully saturated rings. The first kappa shape index (κ1) is 12.9. The van der Waals surface area contributed by atoms with Crippen molar-refractivity contribution < 1.29 is 0 Å². The van der Waals surface area contributed by atoms with Crippen LogP contribution in [0.4, 0.5) is 11.5 Å². The van der Waals surface area contributed by atoms with Gasteiger partial charge in [0.05, 0.1) is 0 Å². The molecule has 1 aromatic carbocycles. The Morgan fingerprint density at radius 1 is 1.10 bits per heavy atom. The lowest BCUT2D eigenvalue weighted by Crippen LogP contribution is -2.43. The van der Waals surface area contributed by atoms with E-state index in [2.05, 4.69) is 56.9 Å². The molecule has 0 atom stereocenters. The Morgan fingerprint density at radius 3 is 2.70 bits per heavy atom. The second-order valence-electron chi connectivity index (χ2n) is 4.98. The van der Waals surface area contributed by atoms with Crippen LogP contribution in [0.1, 0.15) is 5.56 Å². The number of piperazine rings is 1. The molecule has 4 nitrogen and oxygen atoms in total. The molecule has 0 radical (unpaired) electrons. The fraction of sp³-hybridized carbons (Fsp3) is 0.312. The zero-order valence-electron chi connectivity index (χ0n) is 11.5. The zero-order chi connectivity index (χ0) is 13.6. The Bertz CT molecular complexity index is 535. The minimum atomic E-state index is 0.804. The van der Waals surface area contributed by atoms with Crippen LogP contribution >= 0.6 is 0 Å². The predicted octanol–water partition coefficient (Wildman–Crippen LogP) is 2.10. The standard InChI is InChI=1S/C16H20N4/c1-2-4-14(5-3-1)13-19-16-12-15(6-7-18-16)20-10-8-17-9-11-20/h1-7,12,17H,8-11,13H2,(H,18,19). The molecule has 2 heterocycles. The summed E-state index contributed by atoms with van der Waals surface area (Å²) in [7, 11) is 0. The van der Waals surface area contributed by atoms with E-state index in [1.807, 2.05) is 12.3 Å². The van der Waals surface area contributed by atoms with E-state index in [-0.39, 0.29) is 0 Å². The summed E-state index contributed by atoms with van der Waals surface area (Å²) in [6.07, 6.45) is 1.88. The molecule has 0 saturated carbocycles. The Kier molecular flexibility index (Phi) is 4.13. The van der Waals surface area contributed by atoms with Gasteiger partial charge in [-0.15, -0.1) is 0 Å². The second kappa shape index (κ2) is 6.39. The maximum absolute atomic E-state index is 4.40. The topological polar surface area (TPSA) is 40.2 Å². The number of nitrogens with one attached hydrogen (secondary N) is 2. The van der Waals surface area contributed by atoms with Crippen molar-refractivity contribution in [2.75, 3.05) is 36.4 Å². The van der Waals surface area contributed by atoms with Crippen LogP contribution in [-0.2, 0) is 6.54 Å². The van der Waals surface area contributed by atoms with Crippen molar-refractivity contribution in [3.8, 4) is 0 Å². The third-order valence-corrected chi connectivity index (χ3v) is 3.54. The molecule has 4 heteroatoms. The van der Waals surface area contributed by atoms with Gasteiger partial charge in [-0.1, -0.05) is 30.3 Å². The maximum atomic E-state index is 4.40. The molecule has 2 aromatic rings. The van der Waals surface area contributed by atoms with Crippen LogP contribution < -0.4 is 15.5 Å². The van der Waals surface area contributed by atoms with Gasteiger partial charge in [-0.05, 0) is 11.6 Å². The lowest BCUT2D eigenvalue weighted by Gasteiger charge is -2.29. The SMILES string of the molecule is c1ccc(CNc2cc(N3CCNCC3)ccn2)cc1. The molecule has 1 saturated heterocycles. The van der Waals surface area contributed by atoms with Gasteiger partial charge in [0, 0.05) is 50.7 Å². The number of pyridine rings is 1. The Hall–Kier alpha value is -2.07. The number of hydrogen-bond acceptors (Lipinski definition) is 4. The summed E-state index contributed by atoms with van der Waals surface area (Å²) >= 11 is 0. The third kappa shape index (κ3) is 3.27. The van der Waals surface area contributed by atoms with Gasteiger partial charge in [0.2, 0.25) is 0 Å². The van der Waals surface area contributed by atoms with Gasteiger partial charge in [-0.2, -0.15) is 0 Å².